The topological polar surface area (TPSA) is 4.93 Å². The Morgan fingerprint density at radius 1 is 0.403 bits per heavy atom. The number of fused-ring (bicyclic) bond motifs is 3. The number of nitrogens with zero attached hydrogens (tertiary/aromatic N) is 1. The quantitative estimate of drug-likeness (QED) is 0.0691. The van der Waals surface area contributed by atoms with Gasteiger partial charge in [-0.3, -0.25) is 0 Å². The number of para-hydroxylation sites is 1. The molecule has 12 aromatic rings. The third-order valence-corrected chi connectivity index (χ3v) is 21.6. The Bertz CT molecular complexity index is 4170. The predicted molar refractivity (Wildman–Crippen MR) is 328 cm³/mol. The smallest absolute Gasteiger partial charge is 0.179 e. The number of benzene rings is 11. The molecule has 3 aliphatic carbocycles. The summed E-state index contributed by atoms with van der Waals surface area (Å²) < 4.78 is 2.59. The minimum atomic E-state index is -3.15. The largest absolute Gasteiger partial charge is 0.309 e. The maximum Gasteiger partial charge on any atom is 0.179 e. The second-order valence-corrected chi connectivity index (χ2v) is 24.4. The number of hydrogen-bond donors (Lipinski definition) is 0. The van der Waals surface area contributed by atoms with Gasteiger partial charge in [-0.15, -0.1) is 0 Å². The van der Waals surface area contributed by atoms with Gasteiger partial charge in [0, 0.05) is 22.6 Å². The second kappa shape index (κ2) is 19.1. The zero-order chi connectivity index (χ0) is 51.5. The molecule has 3 aliphatic rings. The number of hydrogen-bond acceptors (Lipinski definition) is 0. The molecular weight excluding hydrogens is 943 g/mol. The van der Waals surface area contributed by atoms with E-state index in [1.54, 1.807) is 0 Å². The minimum absolute atomic E-state index is 0.0543. The van der Waals surface area contributed by atoms with Crippen LogP contribution in [0.15, 0.2) is 314 Å². The number of aromatic nitrogens is 1. The molecule has 77 heavy (non-hydrogen) atoms. The van der Waals surface area contributed by atoms with Crippen molar-refractivity contribution < 1.29 is 0 Å². The van der Waals surface area contributed by atoms with Crippen LogP contribution in [-0.2, 0) is 0 Å². The summed E-state index contributed by atoms with van der Waals surface area (Å²) in [6.45, 7) is 6.97. The van der Waals surface area contributed by atoms with Gasteiger partial charge in [0.05, 0.1) is 16.7 Å². The fraction of sp³-hybridized carbons (Fsp3) is 0.0400. The monoisotopic (exact) mass is 997 g/mol. The molecule has 0 amide bonds. The zero-order valence-corrected chi connectivity index (χ0v) is 44.0. The lowest BCUT2D eigenvalue weighted by molar-refractivity contribution is 0.734. The average Bonchev–Trinajstić information content (AvgIpc) is 4.04. The molecule has 1 nitrogen and oxygen atoms in total. The van der Waals surface area contributed by atoms with Crippen molar-refractivity contribution in [3.63, 3.8) is 0 Å². The highest BCUT2D eigenvalue weighted by Gasteiger charge is 2.51. The first-order valence-electron chi connectivity index (χ1n) is 26.9. The lowest BCUT2D eigenvalue weighted by atomic mass is 9.60. The molecule has 0 fully saturated rings. The lowest BCUT2D eigenvalue weighted by Gasteiger charge is -2.48. The van der Waals surface area contributed by atoms with Crippen molar-refractivity contribution >= 4 is 45.4 Å². The van der Waals surface area contributed by atoms with Gasteiger partial charge in [0.25, 0.3) is 0 Å². The highest BCUT2D eigenvalue weighted by atomic mass is 28.3. The molecular formula is C75H55NSi. The van der Waals surface area contributed by atoms with Crippen molar-refractivity contribution in [2.24, 2.45) is 0 Å². The first-order chi connectivity index (χ1) is 38.1. The second-order valence-electron chi connectivity index (χ2n) is 20.7. The molecule has 0 spiro atoms. The molecule has 2 unspecified atom stereocenters. The Morgan fingerprint density at radius 3 is 1.48 bits per heavy atom. The van der Waals surface area contributed by atoms with E-state index in [4.69, 9.17) is 0 Å². The van der Waals surface area contributed by atoms with Gasteiger partial charge >= 0.3 is 0 Å². The first kappa shape index (κ1) is 46.2. The molecule has 364 valence electrons. The Morgan fingerprint density at radius 2 is 0.870 bits per heavy atom. The van der Waals surface area contributed by atoms with E-state index in [0.29, 0.717) is 0 Å². The van der Waals surface area contributed by atoms with Crippen molar-refractivity contribution in [2.45, 2.75) is 18.8 Å². The first-order valence-corrected chi connectivity index (χ1v) is 28.9. The van der Waals surface area contributed by atoms with Gasteiger partial charge in [0.1, 0.15) is 0 Å². The SMILES string of the molecule is C=C/C=C(\C1=C(C)C2c3ccccc3C1c1c2cccc1-n1c2ccccc2c2cc(-c3c(-c4ccccc4)cccc3-c3ccccc3)ccc21)[Si](c1ccccc1)(c1ccccc1)c1ccc(-c2ccccc2)cc1. The third-order valence-electron chi connectivity index (χ3n) is 16.7. The van der Waals surface area contributed by atoms with Crippen molar-refractivity contribution in [3.8, 4) is 50.2 Å². The van der Waals surface area contributed by atoms with Crippen LogP contribution in [0.3, 0.4) is 0 Å². The van der Waals surface area contributed by atoms with E-state index in [1.165, 1.54) is 126 Å². The van der Waals surface area contributed by atoms with E-state index in [1.807, 2.05) is 0 Å². The van der Waals surface area contributed by atoms with Gasteiger partial charge in [-0.2, -0.15) is 0 Å². The van der Waals surface area contributed by atoms with Gasteiger partial charge in [-0.25, -0.2) is 0 Å². The minimum Gasteiger partial charge on any atom is -0.309 e. The van der Waals surface area contributed by atoms with E-state index in [0.717, 1.165) is 0 Å². The van der Waals surface area contributed by atoms with Gasteiger partial charge in [0.15, 0.2) is 8.07 Å². The van der Waals surface area contributed by atoms with Gasteiger partial charge in [-0.1, -0.05) is 279 Å². The van der Waals surface area contributed by atoms with Crippen LogP contribution in [0.2, 0.25) is 0 Å². The van der Waals surface area contributed by atoms with E-state index < -0.39 is 8.07 Å². The van der Waals surface area contributed by atoms with Crippen molar-refractivity contribution in [1.82, 2.24) is 4.57 Å². The standard InChI is InChI=1S/C75H55NSi/c1-3-25-70(77(57-32-15-7-16-33-57,58-34-17-8-18-35-58)59-47-44-53(45-48-59)52-26-9-4-10-27-52)72-51(2)71-63-37-19-20-38-64(63)75(72)74-65(71)41-24-43-69(74)76-67-42-22-21-36-62(67)66-50-56(46-49-68(66)76)73-60(54-28-11-5-12-29-54)39-23-40-61(73)55-30-13-6-14-31-55/h3-50,71,75H,1H2,2H3/b70-25+. The van der Waals surface area contributed by atoms with Gasteiger partial charge < -0.3 is 4.57 Å². The van der Waals surface area contributed by atoms with Crippen LogP contribution >= 0.6 is 0 Å². The molecule has 2 atom stereocenters. The molecule has 0 aliphatic heterocycles. The summed E-state index contributed by atoms with van der Waals surface area (Å²) in [4.78, 5) is 0. The molecule has 2 bridgehead atoms. The van der Waals surface area contributed by atoms with Crippen molar-refractivity contribution in [2.75, 3.05) is 0 Å². The number of allylic oxidation sites excluding steroid dienone is 5. The van der Waals surface area contributed by atoms with Gasteiger partial charge in [-0.05, 0) is 124 Å². The van der Waals surface area contributed by atoms with E-state index in [9.17, 15) is 0 Å². The fourth-order valence-electron chi connectivity index (χ4n) is 13.6. The molecule has 0 N–H and O–H groups in total. The maximum atomic E-state index is 4.54. The Hall–Kier alpha value is -9.34. The van der Waals surface area contributed by atoms with E-state index in [2.05, 4.69) is 309 Å². The van der Waals surface area contributed by atoms with Crippen molar-refractivity contribution in [1.29, 1.82) is 0 Å². The van der Waals surface area contributed by atoms with Crippen LogP contribution in [-0.4, -0.2) is 12.6 Å². The molecule has 11 aromatic carbocycles. The molecule has 15 rings (SSSR count). The normalized spacial score (nSPS) is 14.9. The molecule has 0 saturated carbocycles. The Kier molecular flexibility index (Phi) is 11.5. The Labute approximate surface area is 452 Å². The summed E-state index contributed by atoms with van der Waals surface area (Å²) in [7, 11) is -3.15. The predicted octanol–water partition coefficient (Wildman–Crippen LogP) is 17.2. The molecule has 0 radical (unpaired) electrons. The summed E-state index contributed by atoms with van der Waals surface area (Å²) in [6, 6.07) is 104. The highest BCUT2D eigenvalue weighted by molar-refractivity contribution is 7.16. The van der Waals surface area contributed by atoms with Crippen LogP contribution in [0.5, 0.6) is 0 Å². The van der Waals surface area contributed by atoms with Crippen LogP contribution in [0, 0.1) is 0 Å². The van der Waals surface area contributed by atoms with Crippen LogP contribution < -0.4 is 15.6 Å². The van der Waals surface area contributed by atoms with Crippen LogP contribution in [0.4, 0.5) is 0 Å². The van der Waals surface area contributed by atoms with E-state index >= 15 is 0 Å². The average molecular weight is 998 g/mol. The summed E-state index contributed by atoms with van der Waals surface area (Å²) in [5.74, 6) is -0.0168. The molecule has 1 heterocycles. The maximum absolute atomic E-state index is 4.54. The highest BCUT2D eigenvalue weighted by Crippen LogP contribution is 2.59. The zero-order valence-electron chi connectivity index (χ0n) is 43.0. The molecule has 0 saturated heterocycles. The summed E-state index contributed by atoms with van der Waals surface area (Å²) in [5.41, 5.74) is 21.7. The lowest BCUT2D eigenvalue weighted by Crippen LogP contribution is -2.69. The molecule has 2 heteroatoms. The summed E-state index contributed by atoms with van der Waals surface area (Å²) in [6.07, 6.45) is 4.47. The fourth-order valence-corrected chi connectivity index (χ4v) is 18.7. The van der Waals surface area contributed by atoms with Gasteiger partial charge in [0.2, 0.25) is 0 Å². The van der Waals surface area contributed by atoms with Crippen LogP contribution in [0.25, 0.3) is 72.0 Å². The van der Waals surface area contributed by atoms with Crippen molar-refractivity contribution in [3.05, 3.63) is 336 Å². The number of rotatable bonds is 11. The van der Waals surface area contributed by atoms with Crippen LogP contribution in [0.1, 0.15) is 41.0 Å². The third kappa shape index (κ3) is 7.35. The van der Waals surface area contributed by atoms with E-state index in [-0.39, 0.29) is 11.8 Å². The Balaban J connectivity index is 1.02. The summed E-state index contributed by atoms with van der Waals surface area (Å²) in [5, 5.41) is 7.87. The summed E-state index contributed by atoms with van der Waals surface area (Å²) >= 11 is 0. The molecule has 1 aromatic heterocycles.